The standard InChI is InChI=1S/C25H28N4O2/c1-18-16-19(2)29(27-18)22-12-10-21(11-13-22)24(30)26-23(17-20-8-4-3-5-9-20)25(31)28-14-6-7-15-28/h3-5,8-13,16,23H,6-7,14-15,17H2,1-2H3,(H,26,30). The predicted octanol–water partition coefficient (Wildman–Crippen LogP) is 3.45. The predicted molar refractivity (Wildman–Crippen MR) is 120 cm³/mol. The van der Waals surface area contributed by atoms with Gasteiger partial charge in [-0.3, -0.25) is 9.59 Å². The summed E-state index contributed by atoms with van der Waals surface area (Å²) in [6, 6.07) is 18.6. The highest BCUT2D eigenvalue weighted by Gasteiger charge is 2.28. The number of carbonyl (C=O) groups is 2. The van der Waals surface area contributed by atoms with Gasteiger partial charge < -0.3 is 10.2 Å². The van der Waals surface area contributed by atoms with Crippen molar-refractivity contribution in [3.05, 3.63) is 83.2 Å². The van der Waals surface area contributed by atoms with Crippen molar-refractivity contribution in [1.82, 2.24) is 20.0 Å². The summed E-state index contributed by atoms with van der Waals surface area (Å²) in [7, 11) is 0. The molecule has 2 aromatic carbocycles. The zero-order chi connectivity index (χ0) is 21.8. The molecule has 1 aliphatic rings. The van der Waals surface area contributed by atoms with Gasteiger partial charge in [-0.1, -0.05) is 30.3 Å². The monoisotopic (exact) mass is 416 g/mol. The maximum Gasteiger partial charge on any atom is 0.251 e. The Bertz CT molecular complexity index is 1050. The largest absolute Gasteiger partial charge is 0.341 e. The fourth-order valence-electron chi connectivity index (χ4n) is 4.09. The molecule has 0 radical (unpaired) electrons. The van der Waals surface area contributed by atoms with Crippen LogP contribution in [0.15, 0.2) is 60.7 Å². The number of nitrogens with one attached hydrogen (secondary N) is 1. The van der Waals surface area contributed by atoms with E-state index in [0.717, 1.165) is 48.6 Å². The maximum absolute atomic E-state index is 13.1. The summed E-state index contributed by atoms with van der Waals surface area (Å²) in [5.41, 5.74) is 4.44. The Morgan fingerprint density at radius 3 is 2.29 bits per heavy atom. The molecule has 160 valence electrons. The van der Waals surface area contributed by atoms with Gasteiger partial charge in [0.2, 0.25) is 5.91 Å². The molecule has 0 aliphatic carbocycles. The van der Waals surface area contributed by atoms with Crippen LogP contribution in [0.1, 0.15) is 40.2 Å². The van der Waals surface area contributed by atoms with Crippen molar-refractivity contribution in [3.63, 3.8) is 0 Å². The number of aromatic nitrogens is 2. The molecular formula is C25H28N4O2. The second-order valence-electron chi connectivity index (χ2n) is 8.13. The molecule has 4 rings (SSSR count). The first-order chi connectivity index (χ1) is 15.0. The Kier molecular flexibility index (Phi) is 6.16. The average molecular weight is 417 g/mol. The van der Waals surface area contributed by atoms with E-state index in [-0.39, 0.29) is 11.8 Å². The van der Waals surface area contributed by atoms with Crippen LogP contribution in [0.25, 0.3) is 5.69 Å². The highest BCUT2D eigenvalue weighted by atomic mass is 16.2. The van der Waals surface area contributed by atoms with Gasteiger partial charge in [0.25, 0.3) is 5.91 Å². The topological polar surface area (TPSA) is 67.2 Å². The van der Waals surface area contributed by atoms with Crippen molar-refractivity contribution in [3.8, 4) is 5.69 Å². The lowest BCUT2D eigenvalue weighted by Gasteiger charge is -2.24. The van der Waals surface area contributed by atoms with Gasteiger partial charge in [0.05, 0.1) is 11.4 Å². The molecule has 0 spiro atoms. The van der Waals surface area contributed by atoms with Gasteiger partial charge in [-0.25, -0.2) is 4.68 Å². The van der Waals surface area contributed by atoms with E-state index in [4.69, 9.17) is 0 Å². The number of amides is 2. The summed E-state index contributed by atoms with van der Waals surface area (Å²) in [5, 5.41) is 7.46. The summed E-state index contributed by atoms with van der Waals surface area (Å²) in [6.45, 7) is 5.48. The van der Waals surface area contributed by atoms with Crippen LogP contribution in [0.5, 0.6) is 0 Å². The number of aryl methyl sites for hydroxylation is 2. The molecule has 2 amide bonds. The van der Waals surface area contributed by atoms with E-state index in [1.54, 1.807) is 12.1 Å². The first-order valence-corrected chi connectivity index (χ1v) is 10.8. The van der Waals surface area contributed by atoms with Crippen LogP contribution in [0.4, 0.5) is 0 Å². The molecule has 1 unspecified atom stereocenters. The van der Waals surface area contributed by atoms with E-state index in [0.29, 0.717) is 12.0 Å². The molecule has 1 N–H and O–H groups in total. The van der Waals surface area contributed by atoms with Gasteiger partial charge in [-0.05, 0) is 62.6 Å². The van der Waals surface area contributed by atoms with Gasteiger partial charge in [-0.15, -0.1) is 0 Å². The third-order valence-corrected chi connectivity index (χ3v) is 5.69. The molecule has 6 nitrogen and oxygen atoms in total. The molecular weight excluding hydrogens is 388 g/mol. The molecule has 1 saturated heterocycles. The van der Waals surface area contributed by atoms with Crippen LogP contribution in [-0.4, -0.2) is 45.6 Å². The Morgan fingerprint density at radius 2 is 1.68 bits per heavy atom. The Labute approximate surface area is 182 Å². The summed E-state index contributed by atoms with van der Waals surface area (Å²) in [4.78, 5) is 27.9. The average Bonchev–Trinajstić information content (AvgIpc) is 3.43. The van der Waals surface area contributed by atoms with E-state index in [1.165, 1.54) is 0 Å². The second-order valence-corrected chi connectivity index (χ2v) is 8.13. The van der Waals surface area contributed by atoms with Gasteiger partial charge in [-0.2, -0.15) is 5.10 Å². The minimum Gasteiger partial charge on any atom is -0.341 e. The quantitative estimate of drug-likeness (QED) is 0.669. The SMILES string of the molecule is Cc1cc(C)n(-c2ccc(C(=O)NC(Cc3ccccc3)C(=O)N3CCCC3)cc2)n1. The summed E-state index contributed by atoms with van der Waals surface area (Å²) < 4.78 is 1.85. The van der Waals surface area contributed by atoms with Crippen molar-refractivity contribution in [2.24, 2.45) is 0 Å². The molecule has 1 aliphatic heterocycles. The summed E-state index contributed by atoms with van der Waals surface area (Å²) in [5.74, 6) is -0.248. The third-order valence-electron chi connectivity index (χ3n) is 5.69. The number of likely N-dealkylation sites (tertiary alicyclic amines) is 1. The Morgan fingerprint density at radius 1 is 1.00 bits per heavy atom. The van der Waals surface area contributed by atoms with E-state index < -0.39 is 6.04 Å². The lowest BCUT2D eigenvalue weighted by atomic mass is 10.0. The van der Waals surface area contributed by atoms with E-state index in [9.17, 15) is 9.59 Å². The number of hydrogen-bond acceptors (Lipinski definition) is 3. The van der Waals surface area contributed by atoms with Gasteiger partial charge in [0.1, 0.15) is 6.04 Å². The lowest BCUT2D eigenvalue weighted by Crippen LogP contribution is -2.49. The number of carbonyl (C=O) groups excluding carboxylic acids is 2. The molecule has 1 aromatic heterocycles. The van der Waals surface area contributed by atoms with Crippen molar-refractivity contribution >= 4 is 11.8 Å². The van der Waals surface area contributed by atoms with Gasteiger partial charge in [0.15, 0.2) is 0 Å². The van der Waals surface area contributed by atoms with Gasteiger partial charge >= 0.3 is 0 Å². The lowest BCUT2D eigenvalue weighted by molar-refractivity contribution is -0.132. The summed E-state index contributed by atoms with van der Waals surface area (Å²) >= 11 is 0. The number of rotatable bonds is 6. The van der Waals surface area contributed by atoms with Crippen LogP contribution >= 0.6 is 0 Å². The van der Waals surface area contributed by atoms with Crippen LogP contribution in [0.3, 0.4) is 0 Å². The minimum absolute atomic E-state index is 0.00559. The normalized spacial score (nSPS) is 14.5. The number of nitrogens with zero attached hydrogens (tertiary/aromatic N) is 3. The minimum atomic E-state index is -0.580. The molecule has 2 heterocycles. The van der Waals surface area contributed by atoms with Crippen LogP contribution in [-0.2, 0) is 11.2 Å². The highest BCUT2D eigenvalue weighted by Crippen LogP contribution is 2.15. The van der Waals surface area contributed by atoms with E-state index >= 15 is 0 Å². The van der Waals surface area contributed by atoms with Crippen molar-refractivity contribution in [1.29, 1.82) is 0 Å². The van der Waals surface area contributed by atoms with Crippen molar-refractivity contribution in [2.75, 3.05) is 13.1 Å². The van der Waals surface area contributed by atoms with E-state index in [1.807, 2.05) is 72.0 Å². The second kappa shape index (κ2) is 9.16. The zero-order valence-corrected chi connectivity index (χ0v) is 18.0. The summed E-state index contributed by atoms with van der Waals surface area (Å²) in [6.07, 6.45) is 2.52. The zero-order valence-electron chi connectivity index (χ0n) is 18.0. The molecule has 31 heavy (non-hydrogen) atoms. The maximum atomic E-state index is 13.1. The smallest absolute Gasteiger partial charge is 0.251 e. The van der Waals surface area contributed by atoms with Crippen molar-refractivity contribution in [2.45, 2.75) is 39.2 Å². The number of benzene rings is 2. The van der Waals surface area contributed by atoms with E-state index in [2.05, 4.69) is 10.4 Å². The first kappa shape index (κ1) is 20.8. The van der Waals surface area contributed by atoms with Gasteiger partial charge in [0, 0.05) is 30.8 Å². The van der Waals surface area contributed by atoms with Crippen LogP contribution in [0, 0.1) is 13.8 Å². The third kappa shape index (κ3) is 4.85. The fraction of sp³-hybridized carbons (Fsp3) is 0.320. The van der Waals surface area contributed by atoms with Crippen LogP contribution in [0.2, 0.25) is 0 Å². The fourth-order valence-corrected chi connectivity index (χ4v) is 4.09. The molecule has 6 heteroatoms. The molecule has 0 saturated carbocycles. The van der Waals surface area contributed by atoms with Crippen LogP contribution < -0.4 is 5.32 Å². The van der Waals surface area contributed by atoms with Crippen molar-refractivity contribution < 1.29 is 9.59 Å². The Hall–Kier alpha value is -3.41. The first-order valence-electron chi connectivity index (χ1n) is 10.8. The molecule has 0 bridgehead atoms. The number of hydrogen-bond donors (Lipinski definition) is 1. The molecule has 1 atom stereocenters. The Balaban J connectivity index is 1.51. The molecule has 1 fully saturated rings. The molecule has 3 aromatic rings. The highest BCUT2D eigenvalue weighted by molar-refractivity contribution is 5.97.